The third-order valence-electron chi connectivity index (χ3n) is 3.31. The van der Waals surface area contributed by atoms with Crippen molar-refractivity contribution < 1.29 is 27.6 Å². The number of amides is 3. The molecule has 3 N–H and O–H groups in total. The molecule has 2 aromatic rings. The first-order valence-electron chi connectivity index (χ1n) is 7.28. The van der Waals surface area contributed by atoms with Crippen LogP contribution in [0.2, 0.25) is 0 Å². The molecule has 0 heterocycles. The summed E-state index contributed by atoms with van der Waals surface area (Å²) in [7, 11) is 0. The Bertz CT molecular complexity index is 848. The van der Waals surface area contributed by atoms with Gasteiger partial charge in [-0.25, -0.2) is 4.90 Å². The lowest BCUT2D eigenvalue weighted by Gasteiger charge is -2.19. The third kappa shape index (κ3) is 4.38. The van der Waals surface area contributed by atoms with E-state index in [1.165, 1.54) is 30.3 Å². The van der Waals surface area contributed by atoms with Crippen molar-refractivity contribution in [1.82, 2.24) is 0 Å². The number of nitrogen functional groups attached to an aromatic ring is 1. The maximum absolute atomic E-state index is 12.7. The number of hydrogen-bond donors (Lipinski definition) is 2. The molecule has 0 spiro atoms. The van der Waals surface area contributed by atoms with Gasteiger partial charge in [0.05, 0.1) is 11.3 Å². The highest BCUT2D eigenvalue weighted by Gasteiger charge is 2.31. The Balaban J connectivity index is 2.23. The SMILES string of the molecule is CC(=O)N(C(=O)C(=O)Nc1cccc(C(F)(F)F)c1)c1ccc(N)cc1. The number of halogens is 3. The molecule has 6 nitrogen and oxygen atoms in total. The van der Waals surface area contributed by atoms with Crippen molar-refractivity contribution >= 4 is 34.8 Å². The van der Waals surface area contributed by atoms with Crippen molar-refractivity contribution in [2.45, 2.75) is 13.1 Å². The fraction of sp³-hybridized carbons (Fsp3) is 0.118. The summed E-state index contributed by atoms with van der Waals surface area (Å²) in [5.41, 5.74) is 4.82. The fourth-order valence-corrected chi connectivity index (χ4v) is 2.12. The summed E-state index contributed by atoms with van der Waals surface area (Å²) < 4.78 is 38.1. The molecule has 0 atom stereocenters. The van der Waals surface area contributed by atoms with Crippen LogP contribution in [0.4, 0.5) is 30.2 Å². The van der Waals surface area contributed by atoms with Crippen LogP contribution < -0.4 is 16.0 Å². The van der Waals surface area contributed by atoms with Crippen molar-refractivity contribution in [3.8, 4) is 0 Å². The van der Waals surface area contributed by atoms with E-state index in [4.69, 9.17) is 5.73 Å². The molecule has 0 radical (unpaired) electrons. The first-order chi connectivity index (χ1) is 12.1. The normalized spacial score (nSPS) is 10.9. The zero-order valence-electron chi connectivity index (χ0n) is 13.5. The Morgan fingerprint density at radius 2 is 1.65 bits per heavy atom. The lowest BCUT2D eigenvalue weighted by Crippen LogP contribution is -2.42. The number of benzene rings is 2. The monoisotopic (exact) mass is 365 g/mol. The van der Waals surface area contributed by atoms with Crippen molar-refractivity contribution in [2.75, 3.05) is 16.0 Å². The minimum Gasteiger partial charge on any atom is -0.399 e. The van der Waals surface area contributed by atoms with Crippen LogP contribution in [0.15, 0.2) is 48.5 Å². The molecule has 0 aliphatic carbocycles. The maximum Gasteiger partial charge on any atom is 0.416 e. The smallest absolute Gasteiger partial charge is 0.399 e. The van der Waals surface area contributed by atoms with Crippen LogP contribution in [0, 0.1) is 0 Å². The number of carbonyl (C=O) groups excluding carboxylic acids is 3. The van der Waals surface area contributed by atoms with Crippen LogP contribution in [0.3, 0.4) is 0 Å². The van der Waals surface area contributed by atoms with Crippen LogP contribution >= 0.6 is 0 Å². The molecule has 0 aliphatic rings. The lowest BCUT2D eigenvalue weighted by molar-refractivity contribution is -0.137. The van der Waals surface area contributed by atoms with E-state index in [9.17, 15) is 27.6 Å². The molecule has 2 aromatic carbocycles. The van der Waals surface area contributed by atoms with E-state index in [-0.39, 0.29) is 11.4 Å². The second-order valence-electron chi connectivity index (χ2n) is 5.28. The van der Waals surface area contributed by atoms with Gasteiger partial charge in [0.1, 0.15) is 0 Å². The van der Waals surface area contributed by atoms with Gasteiger partial charge in [0.25, 0.3) is 0 Å². The highest BCUT2D eigenvalue weighted by atomic mass is 19.4. The van der Waals surface area contributed by atoms with Crippen molar-refractivity contribution in [1.29, 1.82) is 0 Å². The topological polar surface area (TPSA) is 92.5 Å². The van der Waals surface area contributed by atoms with E-state index in [0.717, 1.165) is 19.1 Å². The van der Waals surface area contributed by atoms with Crippen molar-refractivity contribution in [2.24, 2.45) is 0 Å². The van der Waals surface area contributed by atoms with E-state index >= 15 is 0 Å². The largest absolute Gasteiger partial charge is 0.416 e. The average Bonchev–Trinajstić information content (AvgIpc) is 2.56. The molecule has 0 bridgehead atoms. The van der Waals surface area contributed by atoms with Crippen LogP contribution in [-0.2, 0) is 20.6 Å². The van der Waals surface area contributed by atoms with Gasteiger partial charge in [-0.05, 0) is 42.5 Å². The molecule has 2 rings (SSSR count). The highest BCUT2D eigenvalue weighted by molar-refractivity contribution is 6.48. The number of rotatable bonds is 2. The van der Waals surface area contributed by atoms with E-state index in [0.29, 0.717) is 16.7 Å². The Hall–Kier alpha value is -3.36. The Kier molecular flexibility index (Phi) is 5.30. The second-order valence-corrected chi connectivity index (χ2v) is 5.28. The molecular formula is C17H14F3N3O3. The van der Waals surface area contributed by atoms with Gasteiger partial charge in [-0.2, -0.15) is 13.2 Å². The zero-order chi connectivity index (χ0) is 19.5. The zero-order valence-corrected chi connectivity index (χ0v) is 13.5. The Morgan fingerprint density at radius 3 is 2.19 bits per heavy atom. The van der Waals surface area contributed by atoms with Crippen LogP contribution in [-0.4, -0.2) is 17.7 Å². The molecule has 26 heavy (non-hydrogen) atoms. The number of carbonyl (C=O) groups is 3. The molecule has 9 heteroatoms. The summed E-state index contributed by atoms with van der Waals surface area (Å²) in [6.07, 6.45) is -4.60. The maximum atomic E-state index is 12.7. The predicted octanol–water partition coefficient (Wildman–Crippen LogP) is 2.81. The number of imide groups is 1. The standard InChI is InChI=1S/C17H14F3N3O3/c1-10(24)23(14-7-5-12(21)6-8-14)16(26)15(25)22-13-4-2-3-11(9-13)17(18,19)20/h2-9H,21H2,1H3,(H,22,25). The number of nitrogens with one attached hydrogen (secondary N) is 1. The van der Waals surface area contributed by atoms with Crippen molar-refractivity contribution in [3.63, 3.8) is 0 Å². The van der Waals surface area contributed by atoms with Crippen molar-refractivity contribution in [3.05, 3.63) is 54.1 Å². The molecule has 0 fully saturated rings. The number of anilines is 3. The van der Waals surface area contributed by atoms with Crippen LogP contribution in [0.25, 0.3) is 0 Å². The van der Waals surface area contributed by atoms with Gasteiger partial charge in [-0.1, -0.05) is 6.07 Å². The summed E-state index contributed by atoms with van der Waals surface area (Å²) in [4.78, 5) is 36.8. The fourth-order valence-electron chi connectivity index (χ4n) is 2.12. The van der Waals surface area contributed by atoms with Crippen LogP contribution in [0.5, 0.6) is 0 Å². The first-order valence-corrected chi connectivity index (χ1v) is 7.28. The number of nitrogens with zero attached hydrogens (tertiary/aromatic N) is 1. The molecule has 3 amide bonds. The van der Waals surface area contributed by atoms with Gasteiger partial charge in [0, 0.05) is 18.3 Å². The molecule has 136 valence electrons. The van der Waals surface area contributed by atoms with Gasteiger partial charge >= 0.3 is 18.0 Å². The molecule has 0 aliphatic heterocycles. The molecular weight excluding hydrogens is 351 g/mol. The van der Waals surface area contributed by atoms with Gasteiger partial charge in [0.2, 0.25) is 5.91 Å². The predicted molar refractivity (Wildman–Crippen MR) is 89.1 cm³/mol. The molecule has 0 saturated carbocycles. The molecule has 0 saturated heterocycles. The number of alkyl halides is 3. The Morgan fingerprint density at radius 1 is 1.04 bits per heavy atom. The summed E-state index contributed by atoms with van der Waals surface area (Å²) >= 11 is 0. The van der Waals surface area contributed by atoms with Crippen LogP contribution in [0.1, 0.15) is 12.5 Å². The number of hydrogen-bond acceptors (Lipinski definition) is 4. The van der Waals surface area contributed by atoms with Gasteiger partial charge in [-0.3, -0.25) is 14.4 Å². The van der Waals surface area contributed by atoms with Gasteiger partial charge in [-0.15, -0.1) is 0 Å². The lowest BCUT2D eigenvalue weighted by atomic mass is 10.2. The summed E-state index contributed by atoms with van der Waals surface area (Å²) in [6.45, 7) is 1.08. The highest BCUT2D eigenvalue weighted by Crippen LogP contribution is 2.30. The molecule has 0 unspecified atom stereocenters. The summed E-state index contributed by atoms with van der Waals surface area (Å²) in [6, 6.07) is 9.40. The average molecular weight is 365 g/mol. The Labute approximate surface area is 146 Å². The van der Waals surface area contributed by atoms with Gasteiger partial charge < -0.3 is 11.1 Å². The molecule has 0 aromatic heterocycles. The number of nitrogens with two attached hydrogens (primary N) is 1. The first kappa shape index (κ1) is 19.0. The van der Waals surface area contributed by atoms with E-state index in [1.54, 1.807) is 0 Å². The van der Waals surface area contributed by atoms with E-state index < -0.39 is 29.5 Å². The van der Waals surface area contributed by atoms with E-state index in [2.05, 4.69) is 5.32 Å². The van der Waals surface area contributed by atoms with E-state index in [1.807, 2.05) is 0 Å². The van der Waals surface area contributed by atoms with Gasteiger partial charge in [0.15, 0.2) is 0 Å². The third-order valence-corrected chi connectivity index (χ3v) is 3.31. The summed E-state index contributed by atoms with van der Waals surface area (Å²) in [5.74, 6) is -3.23. The minimum absolute atomic E-state index is 0.107. The quantitative estimate of drug-likeness (QED) is 0.632. The minimum atomic E-state index is -4.60. The summed E-state index contributed by atoms with van der Waals surface area (Å²) in [5, 5.41) is 2.06. The second kappa shape index (κ2) is 7.26.